The van der Waals surface area contributed by atoms with Crippen LogP contribution >= 0.6 is 23.2 Å². The summed E-state index contributed by atoms with van der Waals surface area (Å²) in [4.78, 5) is 12.2. The number of benzene rings is 2. The Morgan fingerprint density at radius 3 is 2.62 bits per heavy atom. The Bertz CT molecular complexity index is 733. The van der Waals surface area contributed by atoms with Gasteiger partial charge >= 0.3 is 0 Å². The van der Waals surface area contributed by atoms with Crippen LogP contribution in [0, 0.1) is 11.8 Å². The molecule has 0 saturated carbocycles. The van der Waals surface area contributed by atoms with Crippen LogP contribution in [-0.4, -0.2) is 12.5 Å². The van der Waals surface area contributed by atoms with Crippen LogP contribution in [-0.2, 0) is 0 Å². The number of halogens is 2. The highest BCUT2D eigenvalue weighted by Gasteiger charge is 2.09. The van der Waals surface area contributed by atoms with E-state index in [1.807, 2.05) is 0 Å². The molecule has 0 atom stereocenters. The van der Waals surface area contributed by atoms with E-state index in [4.69, 9.17) is 28.9 Å². The first-order valence-electron chi connectivity index (χ1n) is 6.15. The molecule has 0 bridgehead atoms. The average Bonchev–Trinajstić information content (AvgIpc) is 2.47. The molecule has 0 aliphatic carbocycles. The third-order valence-electron chi connectivity index (χ3n) is 2.64. The summed E-state index contributed by atoms with van der Waals surface area (Å²) in [6, 6.07) is 11.8. The number of nitrogens with one attached hydrogen (secondary N) is 1. The lowest BCUT2D eigenvalue weighted by Crippen LogP contribution is -2.12. The number of carbonyl (C=O) groups excluding carboxylic acids is 1. The topological polar surface area (TPSA) is 55.1 Å². The van der Waals surface area contributed by atoms with Gasteiger partial charge in [0.25, 0.3) is 5.91 Å². The van der Waals surface area contributed by atoms with Gasteiger partial charge in [0.15, 0.2) is 0 Å². The number of nitrogens with two attached hydrogens (primary N) is 1. The molecule has 21 heavy (non-hydrogen) atoms. The Balaban J connectivity index is 2.29. The minimum Gasteiger partial charge on any atom is -0.321 e. The van der Waals surface area contributed by atoms with Crippen molar-refractivity contribution in [3.63, 3.8) is 0 Å². The molecule has 0 unspecified atom stereocenters. The Hall–Kier alpha value is -1.99. The van der Waals surface area contributed by atoms with Gasteiger partial charge in [0.05, 0.1) is 12.2 Å². The first kappa shape index (κ1) is 15.4. The van der Waals surface area contributed by atoms with Gasteiger partial charge in [-0.25, -0.2) is 0 Å². The quantitative estimate of drug-likeness (QED) is 0.832. The second-order valence-corrected chi connectivity index (χ2v) is 5.03. The Labute approximate surface area is 133 Å². The molecule has 0 aliphatic heterocycles. The van der Waals surface area contributed by atoms with Crippen molar-refractivity contribution in [3.8, 4) is 11.8 Å². The molecule has 0 aliphatic rings. The maximum absolute atomic E-state index is 12.2. The lowest BCUT2D eigenvalue weighted by atomic mass is 10.1. The maximum Gasteiger partial charge on any atom is 0.255 e. The summed E-state index contributed by atoms with van der Waals surface area (Å²) in [6.07, 6.45) is 0. The van der Waals surface area contributed by atoms with E-state index in [-0.39, 0.29) is 12.5 Å². The van der Waals surface area contributed by atoms with Crippen LogP contribution in [0.25, 0.3) is 0 Å². The van der Waals surface area contributed by atoms with Crippen molar-refractivity contribution in [3.05, 3.63) is 63.6 Å². The van der Waals surface area contributed by atoms with E-state index in [0.717, 1.165) is 0 Å². The molecule has 2 rings (SSSR count). The van der Waals surface area contributed by atoms with E-state index in [0.29, 0.717) is 26.9 Å². The second-order valence-electron chi connectivity index (χ2n) is 4.16. The fourth-order valence-corrected chi connectivity index (χ4v) is 2.06. The first-order valence-corrected chi connectivity index (χ1v) is 6.91. The molecule has 5 heteroatoms. The van der Waals surface area contributed by atoms with E-state index < -0.39 is 0 Å². The zero-order valence-corrected chi connectivity index (χ0v) is 12.5. The fourth-order valence-electron chi connectivity index (χ4n) is 1.70. The molecule has 0 saturated heterocycles. The molecular formula is C16H12Cl2N2O. The maximum atomic E-state index is 12.2. The number of amides is 1. The van der Waals surface area contributed by atoms with Gasteiger partial charge < -0.3 is 11.1 Å². The van der Waals surface area contributed by atoms with Crippen molar-refractivity contribution in [1.82, 2.24) is 0 Å². The molecule has 2 aromatic carbocycles. The zero-order valence-electron chi connectivity index (χ0n) is 11.0. The van der Waals surface area contributed by atoms with Gasteiger partial charge in [-0.2, -0.15) is 0 Å². The van der Waals surface area contributed by atoms with Crippen LogP contribution in [0.5, 0.6) is 0 Å². The third kappa shape index (κ3) is 4.24. The molecule has 1 amide bonds. The van der Waals surface area contributed by atoms with Crippen molar-refractivity contribution in [1.29, 1.82) is 0 Å². The Kier molecular flexibility index (Phi) is 5.24. The summed E-state index contributed by atoms with van der Waals surface area (Å²) in [5, 5.41) is 3.83. The van der Waals surface area contributed by atoms with Gasteiger partial charge in [0.1, 0.15) is 0 Å². The van der Waals surface area contributed by atoms with Gasteiger partial charge in [0.2, 0.25) is 0 Å². The number of hydrogen-bond acceptors (Lipinski definition) is 2. The molecule has 3 nitrogen and oxygen atoms in total. The highest BCUT2D eigenvalue weighted by Crippen LogP contribution is 2.21. The fraction of sp³-hybridized carbons (Fsp3) is 0.0625. The molecule has 0 aromatic heterocycles. The van der Waals surface area contributed by atoms with E-state index >= 15 is 0 Å². The summed E-state index contributed by atoms with van der Waals surface area (Å²) < 4.78 is 0. The smallest absolute Gasteiger partial charge is 0.255 e. The van der Waals surface area contributed by atoms with Crippen molar-refractivity contribution >= 4 is 34.8 Å². The van der Waals surface area contributed by atoms with Gasteiger partial charge in [-0.3, -0.25) is 4.79 Å². The second kappa shape index (κ2) is 7.14. The van der Waals surface area contributed by atoms with Crippen LogP contribution in [0.1, 0.15) is 15.9 Å². The summed E-state index contributed by atoms with van der Waals surface area (Å²) in [7, 11) is 0. The third-order valence-corrected chi connectivity index (χ3v) is 3.11. The van der Waals surface area contributed by atoms with Gasteiger partial charge in [-0.1, -0.05) is 41.1 Å². The molecule has 3 N–H and O–H groups in total. The van der Waals surface area contributed by atoms with Gasteiger partial charge in [-0.05, 0) is 36.4 Å². The van der Waals surface area contributed by atoms with E-state index in [1.54, 1.807) is 42.5 Å². The number of hydrogen-bond donors (Lipinski definition) is 2. The molecule has 0 fully saturated rings. The molecule has 106 valence electrons. The average molecular weight is 319 g/mol. The van der Waals surface area contributed by atoms with E-state index in [9.17, 15) is 4.79 Å². The molecule has 0 spiro atoms. The molecule has 0 radical (unpaired) electrons. The highest BCUT2D eigenvalue weighted by molar-refractivity contribution is 6.31. The molecular weight excluding hydrogens is 307 g/mol. The summed E-state index contributed by atoms with van der Waals surface area (Å²) in [6.45, 7) is 0.230. The van der Waals surface area contributed by atoms with Crippen LogP contribution < -0.4 is 11.1 Å². The number of rotatable bonds is 2. The van der Waals surface area contributed by atoms with Crippen molar-refractivity contribution in [2.75, 3.05) is 11.9 Å². The van der Waals surface area contributed by atoms with E-state index in [2.05, 4.69) is 17.2 Å². The van der Waals surface area contributed by atoms with Crippen molar-refractivity contribution in [2.24, 2.45) is 5.73 Å². The summed E-state index contributed by atoms with van der Waals surface area (Å²) in [5.41, 5.74) is 7.02. The van der Waals surface area contributed by atoms with Crippen LogP contribution in [0.4, 0.5) is 5.69 Å². The van der Waals surface area contributed by atoms with Crippen LogP contribution in [0.2, 0.25) is 10.0 Å². The molecule has 0 heterocycles. The summed E-state index contributed by atoms with van der Waals surface area (Å²) >= 11 is 11.8. The molecule has 2 aromatic rings. The van der Waals surface area contributed by atoms with Crippen molar-refractivity contribution < 1.29 is 4.79 Å². The largest absolute Gasteiger partial charge is 0.321 e. The van der Waals surface area contributed by atoms with E-state index in [1.165, 1.54) is 0 Å². The predicted octanol–water partition coefficient (Wildman–Crippen LogP) is 3.56. The monoisotopic (exact) mass is 318 g/mol. The summed E-state index contributed by atoms with van der Waals surface area (Å²) in [5.74, 6) is 5.35. The SMILES string of the molecule is NCC#Cc1cc(Cl)ccc1NC(=O)c1cccc(Cl)c1. The lowest BCUT2D eigenvalue weighted by Gasteiger charge is -2.08. The number of carbonyl (C=O) groups is 1. The highest BCUT2D eigenvalue weighted by atomic mass is 35.5. The normalized spacial score (nSPS) is 9.67. The Morgan fingerprint density at radius 1 is 1.14 bits per heavy atom. The minimum absolute atomic E-state index is 0.230. The van der Waals surface area contributed by atoms with Crippen LogP contribution in [0.3, 0.4) is 0 Å². The van der Waals surface area contributed by atoms with Crippen molar-refractivity contribution in [2.45, 2.75) is 0 Å². The standard InChI is InChI=1S/C16H12Cl2N2O/c17-13-5-1-3-12(10-13)16(21)20-15-7-6-14(18)9-11(15)4-2-8-19/h1,3,5-7,9-10H,8,19H2,(H,20,21). The van der Waals surface area contributed by atoms with Gasteiger partial charge in [0, 0.05) is 21.2 Å². The zero-order chi connectivity index (χ0) is 15.2. The van der Waals surface area contributed by atoms with Crippen LogP contribution in [0.15, 0.2) is 42.5 Å². The lowest BCUT2D eigenvalue weighted by molar-refractivity contribution is 0.102. The first-order chi connectivity index (χ1) is 10.1. The predicted molar refractivity (Wildman–Crippen MR) is 86.8 cm³/mol. The Morgan fingerprint density at radius 2 is 1.90 bits per heavy atom. The number of anilines is 1. The van der Waals surface area contributed by atoms with Gasteiger partial charge in [-0.15, -0.1) is 0 Å². The minimum atomic E-state index is -0.268.